The van der Waals surface area contributed by atoms with Gasteiger partial charge in [-0.15, -0.1) is 0 Å². The van der Waals surface area contributed by atoms with Gasteiger partial charge in [-0.05, 0) is 36.4 Å². The van der Waals surface area contributed by atoms with E-state index in [0.29, 0.717) is 16.4 Å². The second-order valence-electron chi connectivity index (χ2n) is 5.33. The molecule has 2 rings (SSSR count). The van der Waals surface area contributed by atoms with Gasteiger partial charge in [-0.1, -0.05) is 34.8 Å². The summed E-state index contributed by atoms with van der Waals surface area (Å²) in [5, 5.41) is -0.572. The Morgan fingerprint density at radius 1 is 1.07 bits per heavy atom. The van der Waals surface area contributed by atoms with E-state index in [9.17, 15) is 26.4 Å². The van der Waals surface area contributed by atoms with Crippen LogP contribution in [0.3, 0.4) is 0 Å². The maximum atomic E-state index is 13.1. The van der Waals surface area contributed by atoms with Crippen LogP contribution in [-0.2, 0) is 25.7 Å². The number of ether oxygens (including phenoxy) is 1. The Balaban J connectivity index is 2.73. The summed E-state index contributed by atoms with van der Waals surface area (Å²) in [7, 11) is -3.64. The lowest BCUT2D eigenvalue weighted by Gasteiger charge is -2.25. The van der Waals surface area contributed by atoms with E-state index in [1.807, 2.05) is 0 Å². The summed E-state index contributed by atoms with van der Waals surface area (Å²) in [5.41, 5.74) is -1.73. The number of carbonyl (C=O) groups is 1. The molecule has 0 fully saturated rings. The van der Waals surface area contributed by atoms with Gasteiger partial charge in [0, 0.05) is 5.02 Å². The molecule has 12 heteroatoms. The molecule has 0 aliphatic carbocycles. The molecule has 28 heavy (non-hydrogen) atoms. The number of methoxy groups -OCH3 is 1. The van der Waals surface area contributed by atoms with Crippen LogP contribution in [0, 0.1) is 0 Å². The van der Waals surface area contributed by atoms with Crippen molar-refractivity contribution in [2.24, 2.45) is 0 Å². The zero-order chi connectivity index (χ0) is 21.3. The second-order valence-corrected chi connectivity index (χ2v) is 8.41. The van der Waals surface area contributed by atoms with Crippen molar-refractivity contribution in [2.45, 2.75) is 11.1 Å². The molecule has 0 aromatic heterocycles. The number of alkyl halides is 3. The number of rotatable bonds is 5. The third-order valence-electron chi connectivity index (χ3n) is 3.50. The van der Waals surface area contributed by atoms with Crippen molar-refractivity contribution in [3.8, 4) is 0 Å². The second kappa shape index (κ2) is 8.36. The van der Waals surface area contributed by atoms with Crippen LogP contribution in [0.15, 0.2) is 41.3 Å². The Hall–Kier alpha value is -1.68. The third-order valence-corrected chi connectivity index (χ3v) is 6.30. The predicted molar refractivity (Wildman–Crippen MR) is 99.5 cm³/mol. The van der Waals surface area contributed by atoms with Crippen molar-refractivity contribution < 1.29 is 31.1 Å². The summed E-state index contributed by atoms with van der Waals surface area (Å²) in [5.74, 6) is -1.03. The minimum absolute atomic E-state index is 0.0103. The number of hydrogen-bond donors (Lipinski definition) is 0. The molecule has 2 aromatic rings. The van der Waals surface area contributed by atoms with Crippen molar-refractivity contribution in [3.63, 3.8) is 0 Å². The van der Waals surface area contributed by atoms with E-state index in [0.717, 1.165) is 19.2 Å². The molecule has 0 unspecified atom stereocenters. The fourth-order valence-electron chi connectivity index (χ4n) is 2.16. The summed E-state index contributed by atoms with van der Waals surface area (Å²) < 4.78 is 70.3. The molecule has 0 N–H and O–H groups in total. The van der Waals surface area contributed by atoms with E-state index < -0.39 is 44.9 Å². The van der Waals surface area contributed by atoms with Crippen LogP contribution in [0.5, 0.6) is 0 Å². The van der Waals surface area contributed by atoms with Crippen molar-refractivity contribution in [1.82, 2.24) is 0 Å². The maximum Gasteiger partial charge on any atom is 0.416 e. The SMILES string of the molecule is COC(=O)CN(c1cc(C(F)(F)F)ccc1Cl)S(=O)(=O)c1cc(Cl)ccc1Cl. The highest BCUT2D eigenvalue weighted by Gasteiger charge is 2.35. The van der Waals surface area contributed by atoms with E-state index in [1.165, 1.54) is 12.1 Å². The Labute approximate surface area is 173 Å². The zero-order valence-electron chi connectivity index (χ0n) is 13.9. The van der Waals surface area contributed by atoms with Gasteiger partial charge in [-0.3, -0.25) is 9.10 Å². The van der Waals surface area contributed by atoms with Crippen molar-refractivity contribution in [3.05, 3.63) is 57.0 Å². The highest BCUT2D eigenvalue weighted by molar-refractivity contribution is 7.93. The zero-order valence-corrected chi connectivity index (χ0v) is 17.0. The first-order valence-electron chi connectivity index (χ1n) is 7.29. The smallest absolute Gasteiger partial charge is 0.416 e. The van der Waals surface area contributed by atoms with Crippen molar-refractivity contribution in [1.29, 1.82) is 0 Å². The molecule has 0 heterocycles. The lowest BCUT2D eigenvalue weighted by molar-refractivity contribution is -0.139. The number of esters is 1. The molecule has 152 valence electrons. The molecule has 0 saturated heterocycles. The average Bonchev–Trinajstić information content (AvgIpc) is 2.61. The van der Waals surface area contributed by atoms with Crippen molar-refractivity contribution >= 4 is 56.5 Å². The number of carbonyl (C=O) groups excluding carboxylic acids is 1. The van der Waals surface area contributed by atoms with Gasteiger partial charge in [0.05, 0.1) is 28.4 Å². The molecule has 0 amide bonds. The highest BCUT2D eigenvalue weighted by Crippen LogP contribution is 2.38. The molecule has 0 aliphatic heterocycles. The number of anilines is 1. The minimum Gasteiger partial charge on any atom is -0.468 e. The summed E-state index contributed by atoms with van der Waals surface area (Å²) in [4.78, 5) is 11.3. The van der Waals surface area contributed by atoms with E-state index in [2.05, 4.69) is 4.74 Å². The molecule has 0 aliphatic rings. The van der Waals surface area contributed by atoms with Crippen LogP contribution in [-0.4, -0.2) is 28.0 Å². The van der Waals surface area contributed by atoms with Crippen LogP contribution >= 0.6 is 34.8 Å². The van der Waals surface area contributed by atoms with E-state index in [1.54, 1.807) is 0 Å². The van der Waals surface area contributed by atoms with Crippen LogP contribution in [0.2, 0.25) is 15.1 Å². The number of benzene rings is 2. The van der Waals surface area contributed by atoms with Crippen LogP contribution < -0.4 is 4.31 Å². The van der Waals surface area contributed by atoms with Crippen molar-refractivity contribution in [2.75, 3.05) is 18.0 Å². The first-order valence-corrected chi connectivity index (χ1v) is 9.86. The molecule has 5 nitrogen and oxygen atoms in total. The Bertz CT molecular complexity index is 1010. The minimum atomic E-state index is -4.77. The lowest BCUT2D eigenvalue weighted by atomic mass is 10.2. The fourth-order valence-corrected chi connectivity index (χ4v) is 4.58. The fraction of sp³-hybridized carbons (Fsp3) is 0.188. The summed E-state index contributed by atoms with van der Waals surface area (Å²) in [6, 6.07) is 5.60. The average molecular weight is 477 g/mol. The predicted octanol–water partition coefficient (Wildman–Crippen LogP) is 5.03. The molecular formula is C16H11Cl3F3NO4S. The molecule has 0 saturated carbocycles. The Morgan fingerprint density at radius 2 is 1.68 bits per heavy atom. The van der Waals surface area contributed by atoms with Crippen LogP contribution in [0.4, 0.5) is 18.9 Å². The van der Waals surface area contributed by atoms with Gasteiger partial charge in [-0.2, -0.15) is 13.2 Å². The molecule has 2 aromatic carbocycles. The normalized spacial score (nSPS) is 12.0. The monoisotopic (exact) mass is 475 g/mol. The Kier molecular flexibility index (Phi) is 6.75. The van der Waals surface area contributed by atoms with Gasteiger partial charge in [-0.25, -0.2) is 8.42 Å². The molecule has 0 bridgehead atoms. The molecular weight excluding hydrogens is 466 g/mol. The first kappa shape index (κ1) is 22.6. The largest absolute Gasteiger partial charge is 0.468 e. The van der Waals surface area contributed by atoms with E-state index in [4.69, 9.17) is 34.8 Å². The molecule has 0 radical (unpaired) electrons. The summed E-state index contributed by atoms with van der Waals surface area (Å²) in [6.07, 6.45) is -4.77. The maximum absolute atomic E-state index is 13.1. The Morgan fingerprint density at radius 3 is 2.25 bits per heavy atom. The quantitative estimate of drug-likeness (QED) is 0.568. The number of nitrogens with zero attached hydrogens (tertiary/aromatic N) is 1. The van der Waals surface area contributed by atoms with Gasteiger partial charge in [0.1, 0.15) is 11.4 Å². The number of sulfonamides is 1. The van der Waals surface area contributed by atoms with Gasteiger partial charge >= 0.3 is 12.1 Å². The van der Waals surface area contributed by atoms with Gasteiger partial charge < -0.3 is 4.74 Å². The number of halogens is 6. The molecule has 0 spiro atoms. The van der Waals surface area contributed by atoms with Crippen LogP contribution in [0.25, 0.3) is 0 Å². The molecule has 0 atom stereocenters. The van der Waals surface area contributed by atoms with Crippen LogP contribution in [0.1, 0.15) is 5.56 Å². The third kappa shape index (κ3) is 4.83. The van der Waals surface area contributed by atoms with Gasteiger partial charge in [0.15, 0.2) is 0 Å². The number of hydrogen-bond acceptors (Lipinski definition) is 4. The standard InChI is InChI=1S/C16H11Cl3F3NO4S/c1-27-15(24)8-23(13-6-9(16(20,21)22)2-4-11(13)18)28(25,26)14-7-10(17)3-5-12(14)19/h2-7H,8H2,1H3. The lowest BCUT2D eigenvalue weighted by Crippen LogP contribution is -2.37. The topological polar surface area (TPSA) is 63.7 Å². The van der Waals surface area contributed by atoms with E-state index in [-0.39, 0.29) is 15.1 Å². The summed E-state index contributed by atoms with van der Waals surface area (Å²) >= 11 is 17.7. The van der Waals surface area contributed by atoms with E-state index >= 15 is 0 Å². The van der Waals surface area contributed by atoms with Gasteiger partial charge in [0.25, 0.3) is 10.0 Å². The first-order chi connectivity index (χ1) is 12.9. The van der Waals surface area contributed by atoms with Gasteiger partial charge in [0.2, 0.25) is 0 Å². The highest BCUT2D eigenvalue weighted by atomic mass is 35.5. The summed E-state index contributed by atoms with van der Waals surface area (Å²) in [6.45, 7) is -0.942.